The first-order valence-corrected chi connectivity index (χ1v) is 10.0. The predicted molar refractivity (Wildman–Crippen MR) is 118 cm³/mol. The Bertz CT molecular complexity index is 985. The molecule has 3 rings (SSSR count). The van der Waals surface area contributed by atoms with Gasteiger partial charge in [0, 0.05) is 24.2 Å². The number of ketones is 1. The molecule has 0 aliphatic rings. The fourth-order valence-corrected chi connectivity index (χ4v) is 3.15. The van der Waals surface area contributed by atoms with Gasteiger partial charge in [0.1, 0.15) is 5.75 Å². The van der Waals surface area contributed by atoms with Gasteiger partial charge in [-0.1, -0.05) is 67.6 Å². The highest BCUT2D eigenvalue weighted by atomic mass is 16.3. The van der Waals surface area contributed by atoms with Crippen LogP contribution in [0.25, 0.3) is 0 Å². The largest absolute Gasteiger partial charge is 0.508 e. The highest BCUT2D eigenvalue weighted by molar-refractivity contribution is 6.09. The van der Waals surface area contributed by atoms with Crippen LogP contribution in [0.4, 0.5) is 4.79 Å². The van der Waals surface area contributed by atoms with Crippen LogP contribution in [-0.2, 0) is 6.42 Å². The van der Waals surface area contributed by atoms with Gasteiger partial charge in [0.05, 0.1) is 0 Å². The van der Waals surface area contributed by atoms with Crippen LogP contribution in [0.3, 0.4) is 0 Å². The lowest BCUT2D eigenvalue weighted by Gasteiger charge is -2.15. The topological polar surface area (TPSA) is 78.4 Å². The number of carbonyl (C=O) groups is 2. The van der Waals surface area contributed by atoms with Gasteiger partial charge in [-0.05, 0) is 41.7 Å². The monoisotopic (exact) mass is 402 g/mol. The van der Waals surface area contributed by atoms with Crippen LogP contribution in [0.1, 0.15) is 39.9 Å². The van der Waals surface area contributed by atoms with Gasteiger partial charge in [-0.2, -0.15) is 0 Å². The molecule has 0 fully saturated rings. The van der Waals surface area contributed by atoms with Crippen molar-refractivity contribution in [1.82, 2.24) is 10.6 Å². The second-order valence-electron chi connectivity index (χ2n) is 7.27. The summed E-state index contributed by atoms with van der Waals surface area (Å²) < 4.78 is 0. The average Bonchev–Trinajstić information content (AvgIpc) is 2.79. The third-order valence-corrected chi connectivity index (χ3v) is 4.96. The van der Waals surface area contributed by atoms with Crippen LogP contribution < -0.4 is 10.6 Å². The normalized spacial score (nSPS) is 11.5. The molecule has 5 nitrogen and oxygen atoms in total. The number of phenolic OH excluding ortho intramolecular Hbond substituents is 1. The van der Waals surface area contributed by atoms with Gasteiger partial charge in [-0.3, -0.25) is 4.79 Å². The van der Waals surface area contributed by atoms with E-state index in [1.807, 2.05) is 73.7 Å². The molecular formula is C25H26N2O3. The Hall–Kier alpha value is -3.60. The maximum Gasteiger partial charge on any atom is 0.314 e. The Morgan fingerprint density at radius 2 is 1.57 bits per heavy atom. The number of rotatable bonds is 8. The predicted octanol–water partition coefficient (Wildman–Crippen LogP) is 4.27. The van der Waals surface area contributed by atoms with Gasteiger partial charge in [-0.15, -0.1) is 0 Å². The van der Waals surface area contributed by atoms with Crippen LogP contribution in [0.2, 0.25) is 0 Å². The molecule has 3 aromatic carbocycles. The summed E-state index contributed by atoms with van der Waals surface area (Å²) in [5, 5.41) is 15.0. The van der Waals surface area contributed by atoms with Crippen molar-refractivity contribution in [1.29, 1.82) is 0 Å². The number of hydrogen-bond donors (Lipinski definition) is 3. The molecule has 0 radical (unpaired) electrons. The van der Waals surface area contributed by atoms with Crippen LogP contribution in [-0.4, -0.2) is 30.0 Å². The van der Waals surface area contributed by atoms with Gasteiger partial charge in [0.15, 0.2) is 5.78 Å². The van der Waals surface area contributed by atoms with Gasteiger partial charge >= 0.3 is 6.03 Å². The van der Waals surface area contributed by atoms with Crippen LogP contribution in [0.5, 0.6) is 5.75 Å². The fourth-order valence-electron chi connectivity index (χ4n) is 3.15. The van der Waals surface area contributed by atoms with E-state index in [2.05, 4.69) is 10.6 Å². The van der Waals surface area contributed by atoms with Crippen LogP contribution in [0.15, 0.2) is 78.9 Å². The Morgan fingerprint density at radius 1 is 0.867 bits per heavy atom. The second-order valence-corrected chi connectivity index (χ2v) is 7.27. The van der Waals surface area contributed by atoms with Crippen molar-refractivity contribution in [3.63, 3.8) is 0 Å². The summed E-state index contributed by atoms with van der Waals surface area (Å²) in [5.41, 5.74) is 3.35. The molecule has 0 heterocycles. The highest BCUT2D eigenvalue weighted by Gasteiger charge is 2.12. The summed E-state index contributed by atoms with van der Waals surface area (Å²) >= 11 is 0. The number of phenols is 1. The Labute approximate surface area is 176 Å². The third-order valence-electron chi connectivity index (χ3n) is 4.96. The lowest BCUT2D eigenvalue weighted by atomic mass is 9.95. The number of hydrogen-bond acceptors (Lipinski definition) is 3. The smallest absolute Gasteiger partial charge is 0.314 e. The molecule has 0 aliphatic heterocycles. The molecule has 2 amide bonds. The minimum atomic E-state index is -0.225. The molecule has 0 aliphatic carbocycles. The first kappa shape index (κ1) is 21.1. The Kier molecular flexibility index (Phi) is 7.22. The summed E-state index contributed by atoms with van der Waals surface area (Å²) in [6, 6.07) is 23.5. The number of benzene rings is 3. The summed E-state index contributed by atoms with van der Waals surface area (Å²) in [4.78, 5) is 24.7. The maximum absolute atomic E-state index is 12.6. The second kappa shape index (κ2) is 10.3. The molecule has 30 heavy (non-hydrogen) atoms. The molecule has 154 valence electrons. The summed E-state index contributed by atoms with van der Waals surface area (Å²) in [6.45, 7) is 2.99. The third kappa shape index (κ3) is 5.95. The zero-order valence-electron chi connectivity index (χ0n) is 17.0. The standard InChI is InChI=1S/C25H26N2O3/c1-18(17-27-25(30)26-15-14-19-10-12-23(28)13-11-19)21-8-5-9-22(16-21)24(29)20-6-3-2-4-7-20/h2-13,16,18,28H,14-15,17H2,1H3,(H2,26,27,30)/t18-/m1/s1. The molecule has 0 unspecified atom stereocenters. The molecule has 1 atom stereocenters. The lowest BCUT2D eigenvalue weighted by molar-refractivity contribution is 0.103. The number of amides is 2. The van der Waals surface area contributed by atoms with E-state index in [0.717, 1.165) is 11.1 Å². The van der Waals surface area contributed by atoms with Crippen molar-refractivity contribution in [2.45, 2.75) is 19.3 Å². The van der Waals surface area contributed by atoms with Crippen LogP contribution >= 0.6 is 0 Å². The van der Waals surface area contributed by atoms with Crippen molar-refractivity contribution >= 4 is 11.8 Å². The summed E-state index contributed by atoms with van der Waals surface area (Å²) in [7, 11) is 0. The van der Waals surface area contributed by atoms with E-state index in [0.29, 0.717) is 30.6 Å². The molecule has 3 N–H and O–H groups in total. The highest BCUT2D eigenvalue weighted by Crippen LogP contribution is 2.18. The number of carbonyl (C=O) groups excluding carboxylic acids is 2. The zero-order chi connectivity index (χ0) is 21.3. The molecule has 0 saturated carbocycles. The molecule has 0 saturated heterocycles. The van der Waals surface area contributed by atoms with Crippen molar-refractivity contribution in [3.05, 3.63) is 101 Å². The van der Waals surface area contributed by atoms with Crippen molar-refractivity contribution in [3.8, 4) is 5.75 Å². The molecule has 3 aromatic rings. The quantitative estimate of drug-likeness (QED) is 0.493. The fraction of sp³-hybridized carbons (Fsp3) is 0.200. The zero-order valence-corrected chi connectivity index (χ0v) is 17.0. The molecule has 0 spiro atoms. The number of nitrogens with one attached hydrogen (secondary N) is 2. The number of aromatic hydroxyl groups is 1. The van der Waals surface area contributed by atoms with Gasteiger partial charge in [0.25, 0.3) is 0 Å². The van der Waals surface area contributed by atoms with E-state index in [9.17, 15) is 14.7 Å². The van der Waals surface area contributed by atoms with E-state index < -0.39 is 0 Å². The van der Waals surface area contributed by atoms with E-state index >= 15 is 0 Å². The first-order chi connectivity index (χ1) is 14.5. The number of urea groups is 1. The van der Waals surface area contributed by atoms with E-state index in [4.69, 9.17) is 0 Å². The van der Waals surface area contributed by atoms with E-state index in [1.165, 1.54) is 0 Å². The van der Waals surface area contributed by atoms with E-state index in [1.54, 1.807) is 12.1 Å². The maximum atomic E-state index is 12.6. The van der Waals surface area contributed by atoms with Gasteiger partial charge in [0.2, 0.25) is 0 Å². The molecule has 0 bridgehead atoms. The lowest BCUT2D eigenvalue weighted by Crippen LogP contribution is -2.38. The molecule has 0 aromatic heterocycles. The average molecular weight is 402 g/mol. The molecular weight excluding hydrogens is 376 g/mol. The van der Waals surface area contributed by atoms with Crippen LogP contribution in [0, 0.1) is 0 Å². The van der Waals surface area contributed by atoms with Crippen molar-refractivity contribution in [2.75, 3.05) is 13.1 Å². The SMILES string of the molecule is C[C@H](CNC(=O)NCCc1ccc(O)cc1)c1cccc(C(=O)c2ccccc2)c1. The van der Waals surface area contributed by atoms with Crippen molar-refractivity contribution in [2.24, 2.45) is 0 Å². The Balaban J connectivity index is 1.48. The van der Waals surface area contributed by atoms with Gasteiger partial charge in [-0.25, -0.2) is 4.79 Å². The minimum Gasteiger partial charge on any atom is -0.508 e. The summed E-state index contributed by atoms with van der Waals surface area (Å²) in [5.74, 6) is 0.286. The van der Waals surface area contributed by atoms with Crippen molar-refractivity contribution < 1.29 is 14.7 Å². The molecule has 5 heteroatoms. The first-order valence-electron chi connectivity index (χ1n) is 10.0. The minimum absolute atomic E-state index is 0.00965. The Morgan fingerprint density at radius 3 is 2.30 bits per heavy atom. The summed E-state index contributed by atoms with van der Waals surface area (Å²) in [6.07, 6.45) is 0.687. The van der Waals surface area contributed by atoms with E-state index in [-0.39, 0.29) is 23.5 Å². The van der Waals surface area contributed by atoms with Gasteiger partial charge < -0.3 is 15.7 Å².